The van der Waals surface area contributed by atoms with Crippen molar-refractivity contribution in [3.05, 3.63) is 42.6 Å². The zero-order valence-corrected chi connectivity index (χ0v) is 17.9. The zero-order valence-electron chi connectivity index (χ0n) is 17.9. The van der Waals surface area contributed by atoms with Gasteiger partial charge in [-0.05, 0) is 36.4 Å². The average Bonchev–Trinajstić information content (AvgIpc) is 3.27. The second kappa shape index (κ2) is 8.39. The van der Waals surface area contributed by atoms with E-state index in [0.717, 1.165) is 11.3 Å². The van der Waals surface area contributed by atoms with Crippen LogP contribution in [0.15, 0.2) is 42.6 Å². The Bertz CT molecular complexity index is 1210. The molecule has 0 saturated heterocycles. The van der Waals surface area contributed by atoms with Crippen LogP contribution >= 0.6 is 0 Å². The maximum absolute atomic E-state index is 5.45. The molecule has 0 atom stereocenters. The molecular formula is C22H22N4O5. The Morgan fingerprint density at radius 3 is 1.94 bits per heavy atom. The number of nitrogens with zero attached hydrogens (tertiary/aromatic N) is 4. The van der Waals surface area contributed by atoms with Gasteiger partial charge in [0.05, 0.1) is 41.2 Å². The molecule has 0 bridgehead atoms. The molecule has 4 aromatic rings. The van der Waals surface area contributed by atoms with Gasteiger partial charge in [-0.15, -0.1) is 5.10 Å². The van der Waals surface area contributed by atoms with Gasteiger partial charge in [0.2, 0.25) is 5.75 Å². The molecule has 2 heterocycles. The largest absolute Gasteiger partial charge is 0.493 e. The highest BCUT2D eigenvalue weighted by Crippen LogP contribution is 2.40. The number of aromatic nitrogens is 4. The highest BCUT2D eigenvalue weighted by atomic mass is 16.5. The van der Waals surface area contributed by atoms with Crippen molar-refractivity contribution in [2.45, 2.75) is 0 Å². The van der Waals surface area contributed by atoms with Gasteiger partial charge in [-0.1, -0.05) is 0 Å². The SMILES string of the molecule is COc1ccc(-c2ccnc3nc(-c4cc(OC)c(OC)c(OC)c4)nn23)cc1OC. The van der Waals surface area contributed by atoms with Gasteiger partial charge in [0.25, 0.3) is 5.78 Å². The van der Waals surface area contributed by atoms with E-state index < -0.39 is 0 Å². The molecule has 0 fully saturated rings. The standard InChI is InChI=1S/C22H22N4O5/c1-27-16-7-6-13(10-17(16)28-2)15-8-9-23-22-24-21(25-26(15)22)14-11-18(29-3)20(31-5)19(12-14)30-4/h6-12H,1-5H3. The Balaban J connectivity index is 1.86. The minimum Gasteiger partial charge on any atom is -0.493 e. The van der Waals surface area contributed by atoms with Crippen LogP contribution in [0.4, 0.5) is 0 Å². The summed E-state index contributed by atoms with van der Waals surface area (Å²) in [5.74, 6) is 3.73. The lowest BCUT2D eigenvalue weighted by atomic mass is 10.1. The Kier molecular flexibility index (Phi) is 5.48. The van der Waals surface area contributed by atoms with Crippen LogP contribution in [-0.4, -0.2) is 55.1 Å². The highest BCUT2D eigenvalue weighted by molar-refractivity contribution is 5.69. The summed E-state index contributed by atoms with van der Waals surface area (Å²) in [5, 5.41) is 4.68. The molecule has 0 spiro atoms. The molecule has 0 N–H and O–H groups in total. The van der Waals surface area contributed by atoms with Gasteiger partial charge in [-0.3, -0.25) is 0 Å². The molecule has 0 aliphatic carbocycles. The number of ether oxygens (including phenoxy) is 5. The maximum atomic E-state index is 5.45. The topological polar surface area (TPSA) is 89.2 Å². The molecule has 0 amide bonds. The molecule has 0 saturated carbocycles. The number of hydrogen-bond acceptors (Lipinski definition) is 8. The van der Waals surface area contributed by atoms with Gasteiger partial charge in [0, 0.05) is 17.3 Å². The molecule has 0 unspecified atom stereocenters. The number of hydrogen-bond donors (Lipinski definition) is 0. The predicted octanol–water partition coefficient (Wildman–Crippen LogP) is 3.50. The molecule has 0 aliphatic rings. The summed E-state index contributed by atoms with van der Waals surface area (Å²) < 4.78 is 28.7. The fraction of sp³-hybridized carbons (Fsp3) is 0.227. The van der Waals surface area contributed by atoms with E-state index in [9.17, 15) is 0 Å². The molecule has 2 aromatic carbocycles. The normalized spacial score (nSPS) is 10.7. The first kappa shape index (κ1) is 20.3. The molecular weight excluding hydrogens is 400 g/mol. The number of methoxy groups -OCH3 is 5. The second-order valence-corrected chi connectivity index (χ2v) is 6.46. The van der Waals surface area contributed by atoms with Gasteiger partial charge in [0.15, 0.2) is 28.8 Å². The maximum Gasteiger partial charge on any atom is 0.253 e. The van der Waals surface area contributed by atoms with Crippen LogP contribution in [0.2, 0.25) is 0 Å². The molecule has 9 nitrogen and oxygen atoms in total. The first-order chi connectivity index (χ1) is 15.1. The van der Waals surface area contributed by atoms with E-state index >= 15 is 0 Å². The fourth-order valence-electron chi connectivity index (χ4n) is 3.34. The second-order valence-electron chi connectivity index (χ2n) is 6.46. The van der Waals surface area contributed by atoms with E-state index in [1.54, 1.807) is 58.4 Å². The average molecular weight is 422 g/mol. The van der Waals surface area contributed by atoms with E-state index in [1.165, 1.54) is 0 Å². The highest BCUT2D eigenvalue weighted by Gasteiger charge is 2.18. The summed E-state index contributed by atoms with van der Waals surface area (Å²) in [6, 6.07) is 11.1. The first-order valence-corrected chi connectivity index (χ1v) is 9.38. The van der Waals surface area contributed by atoms with Crippen LogP contribution in [0.5, 0.6) is 28.7 Å². The number of rotatable bonds is 7. The summed E-state index contributed by atoms with van der Waals surface area (Å²) in [7, 11) is 7.89. The molecule has 160 valence electrons. The molecule has 2 aromatic heterocycles. The monoisotopic (exact) mass is 422 g/mol. The van der Waals surface area contributed by atoms with Crippen molar-refractivity contribution in [2.24, 2.45) is 0 Å². The minimum atomic E-state index is 0.455. The summed E-state index contributed by atoms with van der Waals surface area (Å²) in [5.41, 5.74) is 2.39. The zero-order chi connectivity index (χ0) is 22.0. The third-order valence-corrected chi connectivity index (χ3v) is 4.84. The van der Waals surface area contributed by atoms with E-state index in [0.29, 0.717) is 45.9 Å². The van der Waals surface area contributed by atoms with Crippen molar-refractivity contribution in [1.82, 2.24) is 19.6 Å². The van der Waals surface area contributed by atoms with Gasteiger partial charge in [-0.25, -0.2) is 4.98 Å². The molecule has 9 heteroatoms. The molecule has 0 aliphatic heterocycles. The Morgan fingerprint density at radius 2 is 1.32 bits per heavy atom. The van der Waals surface area contributed by atoms with Gasteiger partial charge in [0.1, 0.15) is 0 Å². The van der Waals surface area contributed by atoms with Crippen molar-refractivity contribution in [3.8, 4) is 51.4 Å². The van der Waals surface area contributed by atoms with Crippen LogP contribution in [0, 0.1) is 0 Å². The third kappa shape index (κ3) is 3.54. The van der Waals surface area contributed by atoms with E-state index in [1.807, 2.05) is 24.3 Å². The molecule has 0 radical (unpaired) electrons. The van der Waals surface area contributed by atoms with Gasteiger partial charge in [-0.2, -0.15) is 9.50 Å². The van der Waals surface area contributed by atoms with Crippen molar-refractivity contribution in [2.75, 3.05) is 35.5 Å². The van der Waals surface area contributed by atoms with Crippen LogP contribution in [0.1, 0.15) is 0 Å². The smallest absolute Gasteiger partial charge is 0.253 e. The van der Waals surface area contributed by atoms with Gasteiger partial charge >= 0.3 is 0 Å². The summed E-state index contributed by atoms with van der Waals surface area (Å²) in [6.07, 6.45) is 1.69. The third-order valence-electron chi connectivity index (χ3n) is 4.84. The molecule has 31 heavy (non-hydrogen) atoms. The lowest BCUT2D eigenvalue weighted by Crippen LogP contribution is -1.98. The lowest BCUT2D eigenvalue weighted by molar-refractivity contribution is 0.324. The van der Waals surface area contributed by atoms with Crippen molar-refractivity contribution in [3.63, 3.8) is 0 Å². The van der Waals surface area contributed by atoms with E-state index in [-0.39, 0.29) is 0 Å². The van der Waals surface area contributed by atoms with Crippen molar-refractivity contribution < 1.29 is 23.7 Å². The molecule has 4 rings (SSSR count). The van der Waals surface area contributed by atoms with Crippen LogP contribution in [0.3, 0.4) is 0 Å². The Hall–Kier alpha value is -4.01. The van der Waals surface area contributed by atoms with Gasteiger partial charge < -0.3 is 23.7 Å². The van der Waals surface area contributed by atoms with Crippen LogP contribution in [-0.2, 0) is 0 Å². The summed E-state index contributed by atoms with van der Waals surface area (Å²) >= 11 is 0. The summed E-state index contributed by atoms with van der Waals surface area (Å²) in [6.45, 7) is 0. The Labute approximate surface area is 179 Å². The summed E-state index contributed by atoms with van der Waals surface area (Å²) in [4.78, 5) is 8.94. The quantitative estimate of drug-likeness (QED) is 0.447. The Morgan fingerprint density at radius 1 is 0.677 bits per heavy atom. The van der Waals surface area contributed by atoms with Crippen molar-refractivity contribution in [1.29, 1.82) is 0 Å². The predicted molar refractivity (Wildman–Crippen MR) is 114 cm³/mol. The minimum absolute atomic E-state index is 0.455. The number of benzene rings is 2. The first-order valence-electron chi connectivity index (χ1n) is 9.38. The lowest BCUT2D eigenvalue weighted by Gasteiger charge is -2.12. The van der Waals surface area contributed by atoms with E-state index in [2.05, 4.69) is 15.1 Å². The number of fused-ring (bicyclic) bond motifs is 1. The van der Waals surface area contributed by atoms with Crippen molar-refractivity contribution >= 4 is 5.78 Å². The van der Waals surface area contributed by atoms with E-state index in [4.69, 9.17) is 23.7 Å². The fourth-order valence-corrected chi connectivity index (χ4v) is 3.34. The van der Waals surface area contributed by atoms with Crippen LogP contribution < -0.4 is 23.7 Å². The van der Waals surface area contributed by atoms with Crippen LogP contribution in [0.25, 0.3) is 28.4 Å².